The molecule has 0 fully saturated rings. The Bertz CT molecular complexity index is 1590. The van der Waals surface area contributed by atoms with Gasteiger partial charge in [0, 0.05) is 24.8 Å². The number of hydrogen-bond donors (Lipinski definition) is 1. The zero-order valence-electron chi connectivity index (χ0n) is 36.2. The number of aryl methyl sites for hydroxylation is 1. The van der Waals surface area contributed by atoms with E-state index in [1.165, 1.54) is 0 Å². The van der Waals surface area contributed by atoms with Crippen molar-refractivity contribution in [2.24, 2.45) is 0 Å². The summed E-state index contributed by atoms with van der Waals surface area (Å²) >= 11 is 0. The van der Waals surface area contributed by atoms with E-state index in [0.717, 1.165) is 4.90 Å². The minimum atomic E-state index is -2.37. The van der Waals surface area contributed by atoms with E-state index in [4.69, 9.17) is 33.1 Å². The smallest absolute Gasteiger partial charge is 0.427 e. The van der Waals surface area contributed by atoms with Gasteiger partial charge in [-0.3, -0.25) is 0 Å². The van der Waals surface area contributed by atoms with Gasteiger partial charge in [0.15, 0.2) is 14.4 Å². The van der Waals surface area contributed by atoms with E-state index < -0.39 is 61.1 Å². The Morgan fingerprint density at radius 3 is 1.69 bits per heavy atom. The highest BCUT2D eigenvalue weighted by Crippen LogP contribution is 2.38. The van der Waals surface area contributed by atoms with Crippen molar-refractivity contribution in [2.75, 3.05) is 18.1 Å². The number of nitrogens with zero attached hydrogens (tertiary/aromatic N) is 3. The molecule has 310 valence electrons. The van der Waals surface area contributed by atoms with Crippen molar-refractivity contribution in [3.05, 3.63) is 30.5 Å². The fraction of sp³-hybridized carbons (Fsp3) is 0.675. The molecule has 2 rings (SSSR count). The second-order valence-electron chi connectivity index (χ2n) is 18.9. The van der Waals surface area contributed by atoms with Crippen molar-refractivity contribution < 1.29 is 47.3 Å². The average molecular weight is 791 g/mol. The third kappa shape index (κ3) is 16.3. The number of benzene rings is 1. The number of nitrogens with one attached hydrogen (secondary N) is 1. The zero-order chi connectivity index (χ0) is 42.4. The van der Waals surface area contributed by atoms with Crippen molar-refractivity contribution in [3.63, 3.8) is 0 Å². The lowest BCUT2D eigenvalue weighted by atomic mass is 10.1. The first-order valence-electron chi connectivity index (χ1n) is 18.7. The number of amides is 3. The van der Waals surface area contributed by atoms with Gasteiger partial charge in [0.1, 0.15) is 34.8 Å². The lowest BCUT2D eigenvalue weighted by Gasteiger charge is -2.39. The lowest BCUT2D eigenvalue weighted by Crippen LogP contribution is -2.49. The van der Waals surface area contributed by atoms with Gasteiger partial charge in [-0.25, -0.2) is 24.2 Å². The van der Waals surface area contributed by atoms with Crippen molar-refractivity contribution in [3.8, 4) is 17.0 Å². The fourth-order valence-electron chi connectivity index (χ4n) is 4.44. The van der Waals surface area contributed by atoms with Crippen LogP contribution in [-0.4, -0.2) is 83.8 Å². The maximum Gasteiger partial charge on any atom is 0.427 e. The van der Waals surface area contributed by atoms with E-state index in [9.17, 15) is 19.2 Å². The molecule has 0 unspecified atom stereocenters. The predicted molar refractivity (Wildman–Crippen MR) is 215 cm³/mol. The molecule has 0 spiro atoms. The molecule has 0 bridgehead atoms. The minimum absolute atomic E-state index is 0.0286. The first kappa shape index (κ1) is 47.0. The van der Waals surface area contributed by atoms with Crippen LogP contribution in [0.25, 0.3) is 11.3 Å². The quantitative estimate of drug-likeness (QED) is 0.0946. The Hall–Kier alpha value is -4.11. The largest absolute Gasteiger partial charge is 0.490 e. The molecule has 1 atom stereocenters. The van der Waals surface area contributed by atoms with Crippen LogP contribution in [0.4, 0.5) is 20.3 Å². The van der Waals surface area contributed by atoms with E-state index in [1.54, 1.807) is 97.3 Å². The van der Waals surface area contributed by atoms with Crippen LogP contribution in [-0.2, 0) is 34.7 Å². The highest BCUT2D eigenvalue weighted by atomic mass is 28.4. The molecule has 1 heterocycles. The summed E-state index contributed by atoms with van der Waals surface area (Å²) in [6.45, 7) is 31.8. The summed E-state index contributed by atoms with van der Waals surface area (Å²) in [6.07, 6.45) is -1.32. The summed E-state index contributed by atoms with van der Waals surface area (Å²) in [5.41, 5.74) is -2.13. The van der Waals surface area contributed by atoms with Crippen molar-refractivity contribution in [1.29, 1.82) is 0 Å². The molecule has 0 aliphatic heterocycles. The maximum absolute atomic E-state index is 13.6. The number of imidazole rings is 1. The number of aromatic nitrogens is 2. The minimum Gasteiger partial charge on any atom is -0.490 e. The number of anilines is 1. The number of esters is 1. The Morgan fingerprint density at radius 2 is 1.24 bits per heavy atom. The van der Waals surface area contributed by atoms with Gasteiger partial charge in [-0.2, -0.15) is 0 Å². The van der Waals surface area contributed by atoms with Gasteiger partial charge >= 0.3 is 24.2 Å². The van der Waals surface area contributed by atoms with Gasteiger partial charge in [-0.05, 0) is 132 Å². The molecule has 1 aromatic heterocycles. The number of carbonyl (C=O) groups is 4. The highest BCUT2D eigenvalue weighted by Gasteiger charge is 2.42. The van der Waals surface area contributed by atoms with Crippen LogP contribution in [0.2, 0.25) is 18.1 Å². The van der Waals surface area contributed by atoms with E-state index in [0.29, 0.717) is 23.4 Å². The molecule has 2 aromatic rings. The number of alkyl carbamates (subject to hydrolysis) is 1. The van der Waals surface area contributed by atoms with Crippen LogP contribution in [0.5, 0.6) is 5.75 Å². The van der Waals surface area contributed by atoms with Crippen molar-refractivity contribution in [1.82, 2.24) is 14.9 Å². The summed E-state index contributed by atoms with van der Waals surface area (Å²) in [5.74, 6) is -0.0416. The SMILES string of the molecule is CC(C)(C)OC(=O)NCCCn1cc(-c2ccc(OC[C@@H](O[Si](C)(C)C(C)(C)C)C(=O)OC(C)(C)C)cc2)nc1N(C(=O)OC(C)(C)C)C(=O)OC(C)(C)C. The molecule has 1 N–H and O–H groups in total. The third-order valence-electron chi connectivity index (χ3n) is 7.82. The Labute approximate surface area is 329 Å². The Morgan fingerprint density at radius 1 is 0.745 bits per heavy atom. The normalized spacial score (nSPS) is 13.4. The summed E-state index contributed by atoms with van der Waals surface area (Å²) in [7, 11) is -2.37. The van der Waals surface area contributed by atoms with Crippen LogP contribution in [0.1, 0.15) is 110 Å². The van der Waals surface area contributed by atoms with E-state index in [-0.39, 0.29) is 30.7 Å². The van der Waals surface area contributed by atoms with Gasteiger partial charge in [0.05, 0.1) is 5.69 Å². The molecule has 3 amide bonds. The molecule has 0 aliphatic rings. The molecule has 0 aliphatic carbocycles. The van der Waals surface area contributed by atoms with Crippen LogP contribution in [0, 0.1) is 0 Å². The van der Waals surface area contributed by atoms with Crippen LogP contribution in [0.3, 0.4) is 0 Å². The van der Waals surface area contributed by atoms with Gasteiger partial charge in [-0.15, -0.1) is 4.90 Å². The number of carbonyl (C=O) groups excluding carboxylic acids is 4. The van der Waals surface area contributed by atoms with Crippen LogP contribution >= 0.6 is 0 Å². The molecule has 1 aromatic carbocycles. The number of ether oxygens (including phenoxy) is 5. The standard InChI is InChI=1S/C40H66N4O10Si/c1-36(2,3)50-31(45)30(54-55(16,17)40(13,14)15)26-49-28-21-19-27(20-22-28)29-25-43(24-18-23-41-33(46)51-37(4,5)6)32(42-29)44(34(47)52-38(7,8)9)35(48)53-39(10,11)12/h19-22,25,30H,18,23-24,26H2,1-17H3,(H,41,46)/t30-/m1/s1. The van der Waals surface area contributed by atoms with Gasteiger partial charge in [-0.1, -0.05) is 20.8 Å². The topological polar surface area (TPSA) is 157 Å². The molecule has 0 radical (unpaired) electrons. The summed E-state index contributed by atoms with van der Waals surface area (Å²) in [6, 6.07) is 7.02. The van der Waals surface area contributed by atoms with E-state index in [2.05, 4.69) is 39.2 Å². The first-order valence-corrected chi connectivity index (χ1v) is 21.6. The molecule has 55 heavy (non-hydrogen) atoms. The monoisotopic (exact) mass is 790 g/mol. The zero-order valence-corrected chi connectivity index (χ0v) is 37.2. The fourth-order valence-corrected chi connectivity index (χ4v) is 5.67. The summed E-state index contributed by atoms with van der Waals surface area (Å²) in [5, 5.41) is 2.58. The second kappa shape index (κ2) is 17.8. The summed E-state index contributed by atoms with van der Waals surface area (Å²) in [4.78, 5) is 58.2. The van der Waals surface area contributed by atoms with Crippen LogP contribution in [0.15, 0.2) is 30.5 Å². The lowest BCUT2D eigenvalue weighted by molar-refractivity contribution is -0.165. The molecule has 14 nitrogen and oxygen atoms in total. The van der Waals surface area contributed by atoms with E-state index >= 15 is 0 Å². The number of imide groups is 1. The Balaban J connectivity index is 2.48. The number of rotatable bonds is 12. The average Bonchev–Trinajstić information content (AvgIpc) is 3.36. The maximum atomic E-state index is 13.6. The van der Waals surface area contributed by atoms with Crippen molar-refractivity contribution in [2.45, 2.75) is 163 Å². The van der Waals surface area contributed by atoms with E-state index in [1.807, 2.05) is 20.8 Å². The molecule has 15 heteroatoms. The first-order chi connectivity index (χ1) is 24.8. The second-order valence-corrected chi connectivity index (χ2v) is 23.7. The van der Waals surface area contributed by atoms with Gasteiger partial charge in [0.2, 0.25) is 5.95 Å². The molecule has 0 saturated heterocycles. The van der Waals surface area contributed by atoms with Gasteiger partial charge < -0.3 is 38.0 Å². The Kier molecular flexibility index (Phi) is 15.2. The van der Waals surface area contributed by atoms with Crippen molar-refractivity contribution >= 4 is 38.5 Å². The molecule has 0 saturated carbocycles. The number of hydrogen-bond acceptors (Lipinski definition) is 11. The van der Waals surface area contributed by atoms with Crippen LogP contribution < -0.4 is 15.0 Å². The van der Waals surface area contributed by atoms with Gasteiger partial charge in [0.25, 0.3) is 0 Å². The predicted octanol–water partition coefficient (Wildman–Crippen LogP) is 9.25. The molecular formula is C40H66N4O10Si. The molecular weight excluding hydrogens is 725 g/mol. The third-order valence-corrected chi connectivity index (χ3v) is 12.3. The summed E-state index contributed by atoms with van der Waals surface area (Å²) < 4.78 is 36.4. The highest BCUT2D eigenvalue weighted by molar-refractivity contribution is 6.74.